The Hall–Kier alpha value is -1.10. The minimum Gasteiger partial charge on any atom is -0.396 e. The number of aliphatic hydroxyl groups is 1. The van der Waals surface area contributed by atoms with Crippen molar-refractivity contribution in [2.75, 3.05) is 13.2 Å². The fourth-order valence-electron chi connectivity index (χ4n) is 1.69. The van der Waals surface area contributed by atoms with Gasteiger partial charge in [0.25, 0.3) is 0 Å². The van der Waals surface area contributed by atoms with Crippen LogP contribution >= 0.6 is 0 Å². The van der Waals surface area contributed by atoms with Crippen molar-refractivity contribution in [3.8, 4) is 0 Å². The molecule has 0 aromatic carbocycles. The van der Waals surface area contributed by atoms with Crippen LogP contribution < -0.4 is 5.73 Å². The lowest BCUT2D eigenvalue weighted by Crippen LogP contribution is -2.36. The number of aliphatic hydroxyl groups excluding tert-OH is 1. The largest absolute Gasteiger partial charge is 0.396 e. The number of carbonyl (C=O) groups excluding carboxylic acids is 2. The van der Waals surface area contributed by atoms with Crippen molar-refractivity contribution in [2.45, 2.75) is 25.8 Å². The zero-order chi connectivity index (χ0) is 10.7. The summed E-state index contributed by atoms with van der Waals surface area (Å²) in [7, 11) is 0. The van der Waals surface area contributed by atoms with Gasteiger partial charge in [0.15, 0.2) is 0 Å². The average molecular weight is 200 g/mol. The Balaban J connectivity index is 2.56. The topological polar surface area (TPSA) is 83.6 Å². The van der Waals surface area contributed by atoms with Crippen LogP contribution in [0.4, 0.5) is 0 Å². The minimum absolute atomic E-state index is 0.0168. The normalized spacial score (nSPS) is 24.0. The van der Waals surface area contributed by atoms with Crippen molar-refractivity contribution in [1.29, 1.82) is 0 Å². The van der Waals surface area contributed by atoms with Crippen LogP contribution in [0.2, 0.25) is 0 Å². The zero-order valence-corrected chi connectivity index (χ0v) is 8.27. The van der Waals surface area contributed by atoms with E-state index < -0.39 is 5.91 Å². The Morgan fingerprint density at radius 1 is 1.79 bits per heavy atom. The second kappa shape index (κ2) is 4.41. The standard InChI is InChI=1S/C9H16N2O3/c1-6(2-3-12)11-5-7(9(10)14)4-8(11)13/h6-7,12H,2-5H2,1H3,(H2,10,14)/t6-,7?/m1/s1. The predicted molar refractivity (Wildman–Crippen MR) is 50.2 cm³/mol. The highest BCUT2D eigenvalue weighted by atomic mass is 16.3. The van der Waals surface area contributed by atoms with Gasteiger partial charge in [0, 0.05) is 25.6 Å². The van der Waals surface area contributed by atoms with Crippen molar-refractivity contribution in [3.63, 3.8) is 0 Å². The molecule has 1 aliphatic heterocycles. The molecule has 3 N–H and O–H groups in total. The number of likely N-dealkylation sites (tertiary alicyclic amines) is 1. The fourth-order valence-corrected chi connectivity index (χ4v) is 1.69. The van der Waals surface area contributed by atoms with Crippen molar-refractivity contribution in [3.05, 3.63) is 0 Å². The molecule has 0 saturated carbocycles. The number of hydrogen-bond donors (Lipinski definition) is 2. The molecule has 1 unspecified atom stereocenters. The molecule has 14 heavy (non-hydrogen) atoms. The monoisotopic (exact) mass is 200 g/mol. The number of nitrogens with two attached hydrogens (primary N) is 1. The highest BCUT2D eigenvalue weighted by molar-refractivity contribution is 5.88. The molecule has 1 rings (SSSR count). The van der Waals surface area contributed by atoms with E-state index in [1.54, 1.807) is 4.90 Å². The lowest BCUT2D eigenvalue weighted by Gasteiger charge is -2.23. The smallest absolute Gasteiger partial charge is 0.223 e. The van der Waals surface area contributed by atoms with Crippen LogP contribution in [-0.2, 0) is 9.59 Å². The van der Waals surface area contributed by atoms with E-state index in [1.807, 2.05) is 6.92 Å². The van der Waals surface area contributed by atoms with Crippen molar-refractivity contribution in [1.82, 2.24) is 4.90 Å². The number of nitrogens with zero attached hydrogens (tertiary/aromatic N) is 1. The highest BCUT2D eigenvalue weighted by Gasteiger charge is 2.35. The van der Waals surface area contributed by atoms with Crippen LogP contribution in [0.15, 0.2) is 0 Å². The molecule has 2 atom stereocenters. The summed E-state index contributed by atoms with van der Waals surface area (Å²) in [4.78, 5) is 23.9. The van der Waals surface area contributed by atoms with E-state index in [9.17, 15) is 9.59 Å². The van der Waals surface area contributed by atoms with Crippen LogP contribution in [0, 0.1) is 5.92 Å². The molecule has 0 spiro atoms. The van der Waals surface area contributed by atoms with Crippen molar-refractivity contribution >= 4 is 11.8 Å². The van der Waals surface area contributed by atoms with Crippen LogP contribution in [-0.4, -0.2) is 41.0 Å². The maximum Gasteiger partial charge on any atom is 0.223 e. The molecule has 5 heteroatoms. The van der Waals surface area contributed by atoms with Gasteiger partial charge in [-0.2, -0.15) is 0 Å². The van der Waals surface area contributed by atoms with E-state index in [4.69, 9.17) is 10.8 Å². The van der Waals surface area contributed by atoms with Gasteiger partial charge in [0.1, 0.15) is 0 Å². The summed E-state index contributed by atoms with van der Waals surface area (Å²) >= 11 is 0. The van der Waals surface area contributed by atoms with Crippen LogP contribution in [0.1, 0.15) is 19.8 Å². The molecule has 0 aromatic heterocycles. The molecule has 1 fully saturated rings. The van der Waals surface area contributed by atoms with E-state index in [2.05, 4.69) is 0 Å². The highest BCUT2D eigenvalue weighted by Crippen LogP contribution is 2.20. The molecule has 5 nitrogen and oxygen atoms in total. The van der Waals surface area contributed by atoms with Gasteiger partial charge < -0.3 is 15.7 Å². The molecular weight excluding hydrogens is 184 g/mol. The van der Waals surface area contributed by atoms with Gasteiger partial charge in [-0.25, -0.2) is 0 Å². The molecule has 1 aliphatic rings. The molecule has 0 aromatic rings. The van der Waals surface area contributed by atoms with E-state index in [0.717, 1.165) is 0 Å². The molecule has 0 radical (unpaired) electrons. The quantitative estimate of drug-likeness (QED) is 0.616. The first-order valence-electron chi connectivity index (χ1n) is 4.76. The summed E-state index contributed by atoms with van der Waals surface area (Å²) in [5.41, 5.74) is 5.13. The SMILES string of the molecule is C[C@H](CCO)N1CC(C(N)=O)CC1=O. The summed E-state index contributed by atoms with van der Waals surface area (Å²) in [6, 6.07) is -0.0168. The minimum atomic E-state index is -0.419. The summed E-state index contributed by atoms with van der Waals surface area (Å²) in [6.45, 7) is 2.30. The van der Waals surface area contributed by atoms with Crippen LogP contribution in [0.25, 0.3) is 0 Å². The third-order valence-corrected chi connectivity index (χ3v) is 2.64. The molecule has 80 valence electrons. The summed E-state index contributed by atoms with van der Waals surface area (Å²) in [5.74, 6) is -0.824. The maximum atomic E-state index is 11.4. The number of hydrogen-bond acceptors (Lipinski definition) is 3. The average Bonchev–Trinajstić information content (AvgIpc) is 2.48. The molecular formula is C9H16N2O3. The second-order valence-electron chi connectivity index (χ2n) is 3.71. The van der Waals surface area contributed by atoms with Gasteiger partial charge in [0.05, 0.1) is 5.92 Å². The zero-order valence-electron chi connectivity index (χ0n) is 8.27. The van der Waals surface area contributed by atoms with E-state index in [1.165, 1.54) is 0 Å². The Morgan fingerprint density at radius 3 is 2.86 bits per heavy atom. The van der Waals surface area contributed by atoms with E-state index in [-0.39, 0.29) is 30.9 Å². The van der Waals surface area contributed by atoms with Gasteiger partial charge in [-0.3, -0.25) is 9.59 Å². The van der Waals surface area contributed by atoms with Gasteiger partial charge >= 0.3 is 0 Å². The second-order valence-corrected chi connectivity index (χ2v) is 3.71. The number of primary amides is 1. The fraction of sp³-hybridized carbons (Fsp3) is 0.778. The predicted octanol–water partition coefficient (Wildman–Crippen LogP) is -0.909. The Morgan fingerprint density at radius 2 is 2.43 bits per heavy atom. The number of carbonyl (C=O) groups is 2. The first-order chi connectivity index (χ1) is 6.56. The third kappa shape index (κ3) is 2.23. The Labute approximate surface area is 82.9 Å². The lowest BCUT2D eigenvalue weighted by molar-refractivity contribution is -0.130. The summed E-state index contributed by atoms with van der Waals surface area (Å²) < 4.78 is 0. The summed E-state index contributed by atoms with van der Waals surface area (Å²) in [5, 5.41) is 8.73. The van der Waals surface area contributed by atoms with Gasteiger partial charge in [-0.15, -0.1) is 0 Å². The molecule has 1 saturated heterocycles. The number of amides is 2. The lowest BCUT2D eigenvalue weighted by atomic mass is 10.1. The molecule has 2 amide bonds. The van der Waals surface area contributed by atoms with Crippen molar-refractivity contribution in [2.24, 2.45) is 11.7 Å². The molecule has 0 bridgehead atoms. The van der Waals surface area contributed by atoms with Gasteiger partial charge in [-0.05, 0) is 13.3 Å². The summed E-state index contributed by atoms with van der Waals surface area (Å²) in [6.07, 6.45) is 0.752. The van der Waals surface area contributed by atoms with E-state index in [0.29, 0.717) is 13.0 Å². The first-order valence-corrected chi connectivity index (χ1v) is 4.76. The van der Waals surface area contributed by atoms with E-state index >= 15 is 0 Å². The van der Waals surface area contributed by atoms with Crippen LogP contribution in [0.3, 0.4) is 0 Å². The van der Waals surface area contributed by atoms with Crippen molar-refractivity contribution < 1.29 is 14.7 Å². The number of rotatable bonds is 4. The Bertz CT molecular complexity index is 242. The van der Waals surface area contributed by atoms with Gasteiger partial charge in [-0.1, -0.05) is 0 Å². The Kier molecular flexibility index (Phi) is 3.46. The molecule has 1 heterocycles. The molecule has 0 aliphatic carbocycles. The first kappa shape index (κ1) is 11.0. The van der Waals surface area contributed by atoms with Gasteiger partial charge in [0.2, 0.25) is 11.8 Å². The van der Waals surface area contributed by atoms with Crippen LogP contribution in [0.5, 0.6) is 0 Å². The maximum absolute atomic E-state index is 11.4. The third-order valence-electron chi connectivity index (χ3n) is 2.64.